The van der Waals surface area contributed by atoms with Crippen LogP contribution in [0.15, 0.2) is 47.4 Å². The lowest BCUT2D eigenvalue weighted by Crippen LogP contribution is -2.44. The van der Waals surface area contributed by atoms with Gasteiger partial charge in [0.25, 0.3) is 0 Å². The van der Waals surface area contributed by atoms with E-state index in [4.69, 9.17) is 14.6 Å². The van der Waals surface area contributed by atoms with Crippen LogP contribution in [0.2, 0.25) is 0 Å². The monoisotopic (exact) mass is 487 g/mol. The van der Waals surface area contributed by atoms with Gasteiger partial charge < -0.3 is 14.8 Å². The molecule has 1 amide bonds. The fraction of sp³-hybridized carbons (Fsp3) is 0.480. The number of nitrogens with one attached hydrogen (secondary N) is 1. The fourth-order valence-electron chi connectivity index (χ4n) is 4.90. The Bertz CT molecular complexity index is 1120. The van der Waals surface area contributed by atoms with Crippen LogP contribution >= 0.6 is 0 Å². The molecule has 0 saturated heterocycles. The second-order valence-electron chi connectivity index (χ2n) is 9.36. The van der Waals surface area contributed by atoms with Crippen LogP contribution in [0.5, 0.6) is 11.5 Å². The number of amides is 1. The van der Waals surface area contributed by atoms with Crippen molar-refractivity contribution in [2.45, 2.75) is 57.0 Å². The smallest absolute Gasteiger partial charge is 0.238 e. The topological polar surface area (TPSA) is 111 Å². The number of hydrogen-bond acceptors (Lipinski definition) is 6. The molecule has 9 heteroatoms. The first kappa shape index (κ1) is 24.5. The highest BCUT2D eigenvalue weighted by Gasteiger charge is 2.32. The number of hydrogen-bond donors (Lipinski definition) is 2. The van der Waals surface area contributed by atoms with Gasteiger partial charge in [0, 0.05) is 31.2 Å². The molecule has 2 aliphatic rings. The Balaban J connectivity index is 1.43. The van der Waals surface area contributed by atoms with E-state index in [0.29, 0.717) is 36.5 Å². The van der Waals surface area contributed by atoms with E-state index in [2.05, 4.69) is 30.1 Å². The predicted molar refractivity (Wildman–Crippen MR) is 130 cm³/mol. The molecule has 1 fully saturated rings. The Morgan fingerprint density at radius 1 is 1.09 bits per heavy atom. The van der Waals surface area contributed by atoms with Gasteiger partial charge in [0.2, 0.25) is 22.7 Å². The van der Waals surface area contributed by atoms with Gasteiger partial charge in [0.1, 0.15) is 0 Å². The minimum Gasteiger partial charge on any atom is -0.454 e. The van der Waals surface area contributed by atoms with Crippen LogP contribution in [0.3, 0.4) is 0 Å². The third-order valence-electron chi connectivity index (χ3n) is 7.05. The standard InChI is InChI=1S/C25H33N3O5S/c1-17-4-3-5-22(18(17)2)28(15-19-6-11-23-24(14-19)33-16-32-23)13-12-25(29)27-20-7-9-21(10-8-20)34(26,30)31/h6-11,14,17-18,22H,3-5,12-13,15-16H2,1-2H3,(H,27,29)(H2,26,30,31). The molecule has 3 unspecified atom stereocenters. The summed E-state index contributed by atoms with van der Waals surface area (Å²) in [5.74, 6) is 2.60. The molecule has 0 radical (unpaired) electrons. The van der Waals surface area contributed by atoms with Crippen LogP contribution in [0.4, 0.5) is 5.69 Å². The van der Waals surface area contributed by atoms with Gasteiger partial charge in [0.15, 0.2) is 11.5 Å². The first-order valence-electron chi connectivity index (χ1n) is 11.8. The van der Waals surface area contributed by atoms with Crippen molar-refractivity contribution in [2.75, 3.05) is 18.7 Å². The van der Waals surface area contributed by atoms with E-state index in [1.54, 1.807) is 12.1 Å². The summed E-state index contributed by atoms with van der Waals surface area (Å²) in [6, 6.07) is 12.3. The molecule has 1 saturated carbocycles. The van der Waals surface area contributed by atoms with Crippen molar-refractivity contribution in [1.82, 2.24) is 4.90 Å². The van der Waals surface area contributed by atoms with Crippen molar-refractivity contribution in [3.05, 3.63) is 48.0 Å². The van der Waals surface area contributed by atoms with Crippen molar-refractivity contribution in [1.29, 1.82) is 0 Å². The molecule has 3 atom stereocenters. The average molecular weight is 488 g/mol. The maximum atomic E-state index is 12.7. The van der Waals surface area contributed by atoms with Gasteiger partial charge in [-0.05, 0) is 60.2 Å². The second kappa shape index (κ2) is 10.3. The first-order valence-corrected chi connectivity index (χ1v) is 13.3. The van der Waals surface area contributed by atoms with Crippen molar-refractivity contribution in [3.8, 4) is 11.5 Å². The van der Waals surface area contributed by atoms with Crippen molar-refractivity contribution in [3.63, 3.8) is 0 Å². The molecule has 8 nitrogen and oxygen atoms in total. The lowest BCUT2D eigenvalue weighted by atomic mass is 9.77. The summed E-state index contributed by atoms with van der Waals surface area (Å²) in [5.41, 5.74) is 1.67. The quantitative estimate of drug-likeness (QED) is 0.587. The zero-order valence-electron chi connectivity index (χ0n) is 19.7. The number of benzene rings is 2. The SMILES string of the molecule is CC1CCCC(N(CCC(=O)Nc2ccc(S(N)(=O)=O)cc2)Cc2ccc3c(c2)OCO3)C1C. The number of carbonyl (C=O) groups excluding carboxylic acids is 1. The predicted octanol–water partition coefficient (Wildman–Crippen LogP) is 3.72. The average Bonchev–Trinajstić information content (AvgIpc) is 3.26. The number of anilines is 1. The number of ether oxygens (including phenoxy) is 2. The molecule has 2 aromatic rings. The van der Waals surface area contributed by atoms with Crippen LogP contribution < -0.4 is 19.9 Å². The zero-order valence-corrected chi connectivity index (χ0v) is 20.5. The number of primary sulfonamides is 1. The van der Waals surface area contributed by atoms with Gasteiger partial charge in [-0.25, -0.2) is 13.6 Å². The van der Waals surface area contributed by atoms with Crippen molar-refractivity contribution >= 4 is 21.6 Å². The number of carbonyl (C=O) groups is 1. The Morgan fingerprint density at radius 3 is 2.56 bits per heavy atom. The summed E-state index contributed by atoms with van der Waals surface area (Å²) in [6.45, 7) is 6.23. The van der Waals surface area contributed by atoms with Gasteiger partial charge in [-0.3, -0.25) is 9.69 Å². The minimum atomic E-state index is -3.76. The van der Waals surface area contributed by atoms with Crippen LogP contribution in [0.25, 0.3) is 0 Å². The summed E-state index contributed by atoms with van der Waals surface area (Å²) < 4.78 is 33.8. The third kappa shape index (κ3) is 5.89. The number of nitrogens with two attached hydrogens (primary N) is 1. The van der Waals surface area contributed by atoms with E-state index in [0.717, 1.165) is 30.0 Å². The summed E-state index contributed by atoms with van der Waals surface area (Å²) in [7, 11) is -3.76. The van der Waals surface area contributed by atoms with Crippen LogP contribution in [-0.4, -0.2) is 38.6 Å². The molecule has 34 heavy (non-hydrogen) atoms. The molecule has 1 heterocycles. The Hall–Kier alpha value is -2.62. The van der Waals surface area contributed by atoms with Gasteiger partial charge in [-0.2, -0.15) is 0 Å². The Kier molecular flexibility index (Phi) is 7.45. The van der Waals surface area contributed by atoms with Gasteiger partial charge >= 0.3 is 0 Å². The van der Waals surface area contributed by atoms with Crippen molar-refractivity contribution < 1.29 is 22.7 Å². The maximum absolute atomic E-state index is 12.7. The summed E-state index contributed by atoms with van der Waals surface area (Å²) >= 11 is 0. The highest BCUT2D eigenvalue weighted by molar-refractivity contribution is 7.89. The number of sulfonamides is 1. The van der Waals surface area contributed by atoms with Crippen LogP contribution in [0, 0.1) is 11.8 Å². The second-order valence-corrected chi connectivity index (χ2v) is 10.9. The highest BCUT2D eigenvalue weighted by Crippen LogP contribution is 2.36. The van der Waals surface area contributed by atoms with E-state index < -0.39 is 10.0 Å². The minimum absolute atomic E-state index is 0.0146. The molecule has 1 aliphatic heterocycles. The maximum Gasteiger partial charge on any atom is 0.238 e. The molecule has 1 aliphatic carbocycles. The van der Waals surface area contributed by atoms with E-state index in [1.165, 1.54) is 25.0 Å². The van der Waals surface area contributed by atoms with E-state index in [1.807, 2.05) is 12.1 Å². The fourth-order valence-corrected chi connectivity index (χ4v) is 5.42. The molecule has 0 bridgehead atoms. The first-order chi connectivity index (χ1) is 16.2. The van der Waals surface area contributed by atoms with Gasteiger partial charge in [-0.15, -0.1) is 0 Å². The van der Waals surface area contributed by atoms with Gasteiger partial charge in [0.05, 0.1) is 4.90 Å². The Morgan fingerprint density at radius 2 is 1.82 bits per heavy atom. The number of fused-ring (bicyclic) bond motifs is 1. The van der Waals surface area contributed by atoms with E-state index in [9.17, 15) is 13.2 Å². The molecule has 4 rings (SSSR count). The summed E-state index contributed by atoms with van der Waals surface area (Å²) in [6.07, 6.45) is 3.88. The normalized spacial score (nSPS) is 22.1. The largest absolute Gasteiger partial charge is 0.454 e. The number of rotatable bonds is 8. The molecular weight excluding hydrogens is 454 g/mol. The van der Waals surface area contributed by atoms with Crippen LogP contribution in [-0.2, 0) is 21.4 Å². The molecular formula is C25H33N3O5S. The lowest BCUT2D eigenvalue weighted by molar-refractivity contribution is -0.116. The molecule has 2 aromatic carbocycles. The van der Waals surface area contributed by atoms with Crippen molar-refractivity contribution in [2.24, 2.45) is 17.0 Å². The van der Waals surface area contributed by atoms with E-state index in [-0.39, 0.29) is 17.6 Å². The molecule has 3 N–H and O–H groups in total. The summed E-state index contributed by atoms with van der Waals surface area (Å²) in [4.78, 5) is 15.1. The van der Waals surface area contributed by atoms with Gasteiger partial charge in [-0.1, -0.05) is 32.8 Å². The summed E-state index contributed by atoms with van der Waals surface area (Å²) in [5, 5.41) is 8.00. The molecule has 0 spiro atoms. The third-order valence-corrected chi connectivity index (χ3v) is 7.98. The van der Waals surface area contributed by atoms with E-state index >= 15 is 0 Å². The molecule has 184 valence electrons. The Labute approximate surface area is 201 Å². The molecule has 0 aromatic heterocycles. The lowest BCUT2D eigenvalue weighted by Gasteiger charge is -2.41. The number of nitrogens with zero attached hydrogens (tertiary/aromatic N) is 1. The highest BCUT2D eigenvalue weighted by atomic mass is 32.2. The van der Waals surface area contributed by atoms with Crippen LogP contribution in [0.1, 0.15) is 45.1 Å². The zero-order chi connectivity index (χ0) is 24.3.